The molecule has 26 heavy (non-hydrogen) atoms. The second-order valence-corrected chi connectivity index (χ2v) is 8.85. The lowest BCUT2D eigenvalue weighted by atomic mass is 10.0. The van der Waals surface area contributed by atoms with Crippen LogP contribution in [0, 0.1) is 5.92 Å². The molecular formula is C18H18ClN3O2S2. The van der Waals surface area contributed by atoms with Crippen LogP contribution in [0.1, 0.15) is 19.8 Å². The summed E-state index contributed by atoms with van der Waals surface area (Å²) < 4.78 is 6.81. The molecule has 0 spiro atoms. The van der Waals surface area contributed by atoms with Gasteiger partial charge in [0, 0.05) is 23.2 Å². The van der Waals surface area contributed by atoms with E-state index < -0.39 is 0 Å². The molecule has 1 amide bonds. The van der Waals surface area contributed by atoms with E-state index in [1.807, 2.05) is 29.2 Å². The van der Waals surface area contributed by atoms with Crippen LogP contribution in [0.15, 0.2) is 33.9 Å². The van der Waals surface area contributed by atoms with Crippen LogP contribution in [0.3, 0.4) is 0 Å². The van der Waals surface area contributed by atoms with Crippen molar-refractivity contribution in [1.82, 2.24) is 15.1 Å². The summed E-state index contributed by atoms with van der Waals surface area (Å²) in [5, 5.41) is 10.2. The number of fused-ring (bicyclic) bond motifs is 1. The summed E-state index contributed by atoms with van der Waals surface area (Å²) >= 11 is 9.27. The van der Waals surface area contributed by atoms with Crippen LogP contribution < -0.4 is 0 Å². The molecule has 5 nitrogen and oxygen atoms in total. The molecule has 8 heteroatoms. The first-order valence-corrected chi connectivity index (χ1v) is 10.7. The minimum Gasteiger partial charge on any atom is -0.410 e. The van der Waals surface area contributed by atoms with Gasteiger partial charge in [0.15, 0.2) is 0 Å². The topological polar surface area (TPSA) is 59.2 Å². The van der Waals surface area contributed by atoms with Gasteiger partial charge in [0.05, 0.1) is 10.8 Å². The number of benzene rings is 1. The number of aromatic nitrogens is 2. The number of carbonyl (C=O) groups excluding carboxylic acids is 1. The quantitative estimate of drug-likeness (QED) is 0.572. The molecule has 0 unspecified atom stereocenters. The van der Waals surface area contributed by atoms with Crippen LogP contribution in [-0.2, 0) is 4.79 Å². The summed E-state index contributed by atoms with van der Waals surface area (Å²) in [7, 11) is 0. The predicted octanol–water partition coefficient (Wildman–Crippen LogP) is 4.96. The van der Waals surface area contributed by atoms with Gasteiger partial charge in [-0.1, -0.05) is 48.5 Å². The summed E-state index contributed by atoms with van der Waals surface area (Å²) in [5.74, 6) is 1.41. The zero-order chi connectivity index (χ0) is 18.1. The van der Waals surface area contributed by atoms with E-state index >= 15 is 0 Å². The number of likely N-dealkylation sites (tertiary alicyclic amines) is 1. The van der Waals surface area contributed by atoms with Gasteiger partial charge in [-0.25, -0.2) is 0 Å². The van der Waals surface area contributed by atoms with Crippen molar-refractivity contribution in [2.45, 2.75) is 25.0 Å². The maximum atomic E-state index is 12.4. The number of rotatable bonds is 4. The Morgan fingerprint density at radius 1 is 1.42 bits per heavy atom. The fourth-order valence-corrected chi connectivity index (χ4v) is 5.24. The van der Waals surface area contributed by atoms with E-state index in [-0.39, 0.29) is 5.91 Å². The molecule has 0 radical (unpaired) electrons. The van der Waals surface area contributed by atoms with Gasteiger partial charge >= 0.3 is 0 Å². The molecule has 1 atom stereocenters. The minimum atomic E-state index is 0.126. The summed E-state index contributed by atoms with van der Waals surface area (Å²) in [6, 6.07) is 7.91. The molecule has 0 N–H and O–H groups in total. The summed E-state index contributed by atoms with van der Waals surface area (Å²) in [6.07, 6.45) is 2.27. The summed E-state index contributed by atoms with van der Waals surface area (Å²) in [4.78, 5) is 15.1. The third-order valence-electron chi connectivity index (χ3n) is 4.46. The molecule has 1 aliphatic heterocycles. The molecule has 2 aromatic heterocycles. The number of thioether (sulfide) groups is 1. The smallest absolute Gasteiger partial charge is 0.277 e. The van der Waals surface area contributed by atoms with Crippen molar-refractivity contribution in [3.8, 4) is 10.8 Å². The zero-order valence-electron chi connectivity index (χ0n) is 14.3. The SMILES string of the molecule is C[C@H]1CCCN(C(=O)CSc2nnc(-c3sc4ccccc4c3Cl)o2)C1. The van der Waals surface area contributed by atoms with Crippen LogP contribution in [0.4, 0.5) is 0 Å². The number of halogens is 1. The first kappa shape index (κ1) is 17.8. The normalized spacial score (nSPS) is 17.8. The van der Waals surface area contributed by atoms with Crippen molar-refractivity contribution in [2.75, 3.05) is 18.8 Å². The lowest BCUT2D eigenvalue weighted by Gasteiger charge is -2.30. The molecule has 1 saturated heterocycles. The number of hydrogen-bond acceptors (Lipinski definition) is 6. The van der Waals surface area contributed by atoms with Gasteiger partial charge < -0.3 is 9.32 Å². The van der Waals surface area contributed by atoms with Crippen LogP contribution in [0.25, 0.3) is 20.9 Å². The lowest BCUT2D eigenvalue weighted by molar-refractivity contribution is -0.130. The Morgan fingerprint density at radius 2 is 2.27 bits per heavy atom. The van der Waals surface area contributed by atoms with Gasteiger partial charge in [-0.05, 0) is 24.8 Å². The fourth-order valence-electron chi connectivity index (χ4n) is 3.14. The monoisotopic (exact) mass is 407 g/mol. The third-order valence-corrected chi connectivity index (χ3v) is 6.93. The predicted molar refractivity (Wildman–Crippen MR) is 106 cm³/mol. The molecule has 1 fully saturated rings. The molecule has 0 bridgehead atoms. The first-order valence-electron chi connectivity index (χ1n) is 8.53. The number of amides is 1. The highest BCUT2D eigenvalue weighted by Crippen LogP contribution is 2.41. The van der Waals surface area contributed by atoms with E-state index in [0.717, 1.165) is 34.5 Å². The van der Waals surface area contributed by atoms with Crippen molar-refractivity contribution in [3.05, 3.63) is 29.3 Å². The molecule has 1 aliphatic rings. The highest BCUT2D eigenvalue weighted by Gasteiger charge is 2.22. The number of thiophene rings is 1. The second-order valence-electron chi connectivity index (χ2n) is 6.49. The molecule has 0 aliphatic carbocycles. The molecule has 0 saturated carbocycles. The average Bonchev–Trinajstić information content (AvgIpc) is 3.25. The number of nitrogens with zero attached hydrogens (tertiary/aromatic N) is 3. The van der Waals surface area contributed by atoms with Gasteiger partial charge in [0.2, 0.25) is 5.91 Å². The van der Waals surface area contributed by atoms with E-state index in [1.54, 1.807) is 0 Å². The summed E-state index contributed by atoms with van der Waals surface area (Å²) in [6.45, 7) is 3.87. The van der Waals surface area contributed by atoms with E-state index in [1.165, 1.54) is 29.5 Å². The van der Waals surface area contributed by atoms with E-state index in [2.05, 4.69) is 17.1 Å². The van der Waals surface area contributed by atoms with Gasteiger partial charge in [0.25, 0.3) is 11.1 Å². The van der Waals surface area contributed by atoms with Crippen molar-refractivity contribution < 1.29 is 9.21 Å². The van der Waals surface area contributed by atoms with Gasteiger partial charge in [0.1, 0.15) is 4.88 Å². The lowest BCUT2D eigenvalue weighted by Crippen LogP contribution is -2.40. The Bertz CT molecular complexity index is 940. The molecule has 3 aromatic rings. The van der Waals surface area contributed by atoms with Crippen LogP contribution >= 0.6 is 34.7 Å². The molecule has 1 aromatic carbocycles. The molecule has 3 heterocycles. The van der Waals surface area contributed by atoms with Gasteiger partial charge in [-0.3, -0.25) is 4.79 Å². The van der Waals surface area contributed by atoms with Crippen molar-refractivity contribution >= 4 is 50.7 Å². The largest absolute Gasteiger partial charge is 0.410 e. The maximum absolute atomic E-state index is 12.4. The van der Waals surface area contributed by atoms with Crippen molar-refractivity contribution in [1.29, 1.82) is 0 Å². The average molecular weight is 408 g/mol. The Balaban J connectivity index is 1.44. The fraction of sp³-hybridized carbons (Fsp3) is 0.389. The van der Waals surface area contributed by atoms with Crippen LogP contribution in [-0.4, -0.2) is 39.8 Å². The van der Waals surface area contributed by atoms with E-state index in [4.69, 9.17) is 16.0 Å². The second kappa shape index (κ2) is 7.58. The number of carbonyl (C=O) groups is 1. The Labute approximate surface area is 164 Å². The number of piperidine rings is 1. The van der Waals surface area contributed by atoms with E-state index in [9.17, 15) is 4.79 Å². The van der Waals surface area contributed by atoms with Gasteiger partial charge in [-0.15, -0.1) is 21.5 Å². The van der Waals surface area contributed by atoms with Gasteiger partial charge in [-0.2, -0.15) is 0 Å². The van der Waals surface area contributed by atoms with Crippen molar-refractivity contribution in [2.24, 2.45) is 5.92 Å². The number of hydrogen-bond donors (Lipinski definition) is 0. The standard InChI is InChI=1S/C18H18ClN3O2S2/c1-11-5-4-8-22(9-11)14(23)10-25-18-21-20-17(24-18)16-15(19)12-6-2-3-7-13(12)26-16/h2-3,6-7,11H,4-5,8-10H2,1H3/t11-/m0/s1. The van der Waals surface area contributed by atoms with Crippen LogP contribution in [0.2, 0.25) is 5.02 Å². The molecular weight excluding hydrogens is 390 g/mol. The van der Waals surface area contributed by atoms with E-state index in [0.29, 0.717) is 27.8 Å². The molecule has 136 valence electrons. The Kier molecular flexibility index (Phi) is 5.20. The third kappa shape index (κ3) is 3.61. The van der Waals surface area contributed by atoms with Crippen LogP contribution in [0.5, 0.6) is 0 Å². The molecule has 4 rings (SSSR count). The Morgan fingerprint density at radius 3 is 3.08 bits per heavy atom. The highest BCUT2D eigenvalue weighted by molar-refractivity contribution is 7.99. The maximum Gasteiger partial charge on any atom is 0.277 e. The minimum absolute atomic E-state index is 0.126. The van der Waals surface area contributed by atoms with Crippen molar-refractivity contribution in [3.63, 3.8) is 0 Å². The Hall–Kier alpha value is -1.57. The highest BCUT2D eigenvalue weighted by atomic mass is 35.5. The summed E-state index contributed by atoms with van der Waals surface area (Å²) in [5.41, 5.74) is 0. The zero-order valence-corrected chi connectivity index (χ0v) is 16.7. The first-order chi connectivity index (χ1) is 12.6.